The van der Waals surface area contributed by atoms with Crippen molar-refractivity contribution in [1.82, 2.24) is 5.32 Å². The van der Waals surface area contributed by atoms with Crippen LogP contribution in [0.25, 0.3) is 10.8 Å². The van der Waals surface area contributed by atoms with Gasteiger partial charge in [-0.15, -0.1) is 0 Å². The molecule has 0 unspecified atom stereocenters. The van der Waals surface area contributed by atoms with Crippen molar-refractivity contribution in [2.24, 2.45) is 0 Å². The van der Waals surface area contributed by atoms with Gasteiger partial charge in [-0.1, -0.05) is 60.7 Å². The van der Waals surface area contributed by atoms with Gasteiger partial charge in [-0.05, 0) is 41.5 Å². The van der Waals surface area contributed by atoms with E-state index in [1.807, 2.05) is 61.5 Å². The van der Waals surface area contributed by atoms with E-state index in [0.717, 1.165) is 22.1 Å². The number of carbonyl (C=O) groups is 1. The average Bonchev–Trinajstić information content (AvgIpc) is 3.21. The zero-order valence-corrected chi connectivity index (χ0v) is 15.6. The number of ether oxygens (including phenoxy) is 1. The molecular formula is C24H21NO3. The van der Waals surface area contributed by atoms with Crippen LogP contribution < -0.4 is 10.1 Å². The lowest BCUT2D eigenvalue weighted by atomic mass is 9.99. The van der Waals surface area contributed by atoms with Crippen molar-refractivity contribution >= 4 is 16.7 Å². The van der Waals surface area contributed by atoms with Crippen LogP contribution in [0.15, 0.2) is 89.5 Å². The minimum Gasteiger partial charge on any atom is -0.489 e. The zero-order valence-electron chi connectivity index (χ0n) is 15.6. The van der Waals surface area contributed by atoms with Gasteiger partial charge in [-0.2, -0.15) is 0 Å². The van der Waals surface area contributed by atoms with E-state index in [1.165, 1.54) is 6.26 Å². The molecule has 0 saturated heterocycles. The Labute approximate surface area is 163 Å². The Kier molecular flexibility index (Phi) is 5.11. The zero-order chi connectivity index (χ0) is 19.3. The fourth-order valence-corrected chi connectivity index (χ4v) is 3.29. The van der Waals surface area contributed by atoms with Gasteiger partial charge in [-0.25, -0.2) is 0 Å². The molecule has 1 amide bonds. The maximum atomic E-state index is 12.8. The van der Waals surface area contributed by atoms with Gasteiger partial charge in [0, 0.05) is 5.56 Å². The second-order valence-corrected chi connectivity index (χ2v) is 6.64. The van der Waals surface area contributed by atoms with Crippen LogP contribution in [-0.2, 0) is 6.61 Å². The van der Waals surface area contributed by atoms with E-state index in [2.05, 4.69) is 23.5 Å². The molecule has 0 saturated carbocycles. The van der Waals surface area contributed by atoms with Gasteiger partial charge in [0.25, 0.3) is 5.91 Å². The Balaban J connectivity index is 1.49. The highest BCUT2D eigenvalue weighted by atomic mass is 16.5. The smallest absolute Gasteiger partial charge is 0.287 e. The highest BCUT2D eigenvalue weighted by Gasteiger charge is 2.19. The van der Waals surface area contributed by atoms with Crippen molar-refractivity contribution in [1.29, 1.82) is 0 Å². The van der Waals surface area contributed by atoms with Crippen LogP contribution in [0, 0.1) is 0 Å². The van der Waals surface area contributed by atoms with Crippen LogP contribution >= 0.6 is 0 Å². The third-order valence-corrected chi connectivity index (χ3v) is 4.73. The van der Waals surface area contributed by atoms with E-state index in [1.54, 1.807) is 6.07 Å². The fraction of sp³-hybridized carbons (Fsp3) is 0.125. The van der Waals surface area contributed by atoms with Gasteiger partial charge in [0.05, 0.1) is 12.3 Å². The number of benzene rings is 3. The molecule has 28 heavy (non-hydrogen) atoms. The van der Waals surface area contributed by atoms with Crippen molar-refractivity contribution in [3.63, 3.8) is 0 Å². The molecule has 3 aromatic carbocycles. The quantitative estimate of drug-likeness (QED) is 0.487. The van der Waals surface area contributed by atoms with Crippen LogP contribution in [-0.4, -0.2) is 5.91 Å². The van der Waals surface area contributed by atoms with Gasteiger partial charge in [0.1, 0.15) is 12.4 Å². The molecule has 0 bridgehead atoms. The summed E-state index contributed by atoms with van der Waals surface area (Å²) in [6.07, 6.45) is 1.52. The molecule has 140 valence electrons. The van der Waals surface area contributed by atoms with Crippen LogP contribution in [0.5, 0.6) is 5.75 Å². The molecule has 4 nitrogen and oxygen atoms in total. The van der Waals surface area contributed by atoms with Crippen molar-refractivity contribution in [2.75, 3.05) is 0 Å². The summed E-state index contributed by atoms with van der Waals surface area (Å²) in [4.78, 5) is 12.8. The van der Waals surface area contributed by atoms with Crippen molar-refractivity contribution < 1.29 is 13.9 Å². The number of furan rings is 1. The summed E-state index contributed by atoms with van der Waals surface area (Å²) in [6, 6.07) is 25.4. The molecule has 1 heterocycles. The van der Waals surface area contributed by atoms with Gasteiger partial charge in [0.2, 0.25) is 0 Å². The maximum absolute atomic E-state index is 12.8. The van der Waals surface area contributed by atoms with E-state index in [9.17, 15) is 4.79 Å². The predicted octanol–water partition coefficient (Wildman–Crippen LogP) is 5.50. The Morgan fingerprint density at radius 2 is 1.71 bits per heavy atom. The second kappa shape index (κ2) is 8.01. The number of amides is 1. The molecule has 1 N–H and O–H groups in total. The summed E-state index contributed by atoms with van der Waals surface area (Å²) >= 11 is 0. The van der Waals surface area contributed by atoms with Crippen molar-refractivity contribution in [2.45, 2.75) is 19.6 Å². The number of hydrogen-bond acceptors (Lipinski definition) is 3. The first-order valence-electron chi connectivity index (χ1n) is 9.25. The third kappa shape index (κ3) is 3.76. The molecule has 0 aliphatic rings. The molecule has 4 rings (SSSR count). The highest BCUT2D eigenvalue weighted by Crippen LogP contribution is 2.25. The summed E-state index contributed by atoms with van der Waals surface area (Å²) in [6.45, 7) is 2.24. The fourth-order valence-electron chi connectivity index (χ4n) is 3.29. The van der Waals surface area contributed by atoms with E-state index in [4.69, 9.17) is 9.15 Å². The summed E-state index contributed by atoms with van der Waals surface area (Å²) < 4.78 is 11.2. The topological polar surface area (TPSA) is 51.5 Å². The lowest BCUT2D eigenvalue weighted by Crippen LogP contribution is -2.27. The molecule has 0 aliphatic carbocycles. The predicted molar refractivity (Wildman–Crippen MR) is 109 cm³/mol. The number of carbonyl (C=O) groups excluding carboxylic acids is 1. The third-order valence-electron chi connectivity index (χ3n) is 4.73. The Morgan fingerprint density at radius 3 is 2.57 bits per heavy atom. The standard InChI is InChI=1S/C24H21NO3/c1-17(21-13-7-9-18-8-5-6-12-22(18)21)25-24(26)23-19(14-15-27-23)16-28-20-10-3-2-4-11-20/h2-15,17H,16H2,1H3,(H,25,26)/t17-/m0/s1. The molecule has 4 aromatic rings. The Bertz CT molecular complexity index is 1080. The molecule has 0 aliphatic heterocycles. The van der Waals surface area contributed by atoms with E-state index in [-0.39, 0.29) is 24.3 Å². The van der Waals surface area contributed by atoms with Crippen LogP contribution in [0.2, 0.25) is 0 Å². The second-order valence-electron chi connectivity index (χ2n) is 6.64. The molecule has 1 atom stereocenters. The minimum atomic E-state index is -0.253. The number of hydrogen-bond donors (Lipinski definition) is 1. The van der Waals surface area contributed by atoms with Gasteiger partial charge < -0.3 is 14.5 Å². The summed E-state index contributed by atoms with van der Waals surface area (Å²) in [5, 5.41) is 5.32. The normalized spacial score (nSPS) is 11.9. The number of fused-ring (bicyclic) bond motifs is 1. The van der Waals surface area contributed by atoms with Gasteiger partial charge in [-0.3, -0.25) is 4.79 Å². The van der Waals surface area contributed by atoms with Crippen LogP contribution in [0.3, 0.4) is 0 Å². The summed E-state index contributed by atoms with van der Waals surface area (Å²) in [5.41, 5.74) is 1.78. The maximum Gasteiger partial charge on any atom is 0.287 e. The van der Waals surface area contributed by atoms with Crippen LogP contribution in [0.4, 0.5) is 0 Å². The first kappa shape index (κ1) is 17.9. The Hall–Kier alpha value is -3.53. The van der Waals surface area contributed by atoms with Crippen molar-refractivity contribution in [3.8, 4) is 5.75 Å². The largest absolute Gasteiger partial charge is 0.489 e. The Morgan fingerprint density at radius 1 is 0.964 bits per heavy atom. The lowest BCUT2D eigenvalue weighted by Gasteiger charge is -2.16. The minimum absolute atomic E-state index is 0.161. The number of para-hydroxylation sites is 1. The lowest BCUT2D eigenvalue weighted by molar-refractivity contribution is 0.0908. The molecule has 0 spiro atoms. The first-order valence-corrected chi connectivity index (χ1v) is 9.25. The highest BCUT2D eigenvalue weighted by molar-refractivity contribution is 5.94. The molecular weight excluding hydrogens is 350 g/mol. The van der Waals surface area contributed by atoms with Gasteiger partial charge >= 0.3 is 0 Å². The number of nitrogens with one attached hydrogen (secondary N) is 1. The van der Waals surface area contributed by atoms with E-state index >= 15 is 0 Å². The average molecular weight is 371 g/mol. The first-order chi connectivity index (χ1) is 13.7. The van der Waals surface area contributed by atoms with Gasteiger partial charge in [0.15, 0.2) is 5.76 Å². The molecule has 0 radical (unpaired) electrons. The van der Waals surface area contributed by atoms with Crippen molar-refractivity contribution in [3.05, 3.63) is 102 Å². The van der Waals surface area contributed by atoms with Crippen LogP contribution in [0.1, 0.15) is 34.6 Å². The summed E-state index contributed by atoms with van der Waals surface area (Å²) in [7, 11) is 0. The summed E-state index contributed by atoms with van der Waals surface area (Å²) in [5.74, 6) is 0.777. The SMILES string of the molecule is C[C@H](NC(=O)c1occc1COc1ccccc1)c1cccc2ccccc12. The van der Waals surface area contributed by atoms with E-state index in [0.29, 0.717) is 5.56 Å². The molecule has 0 fully saturated rings. The monoisotopic (exact) mass is 371 g/mol. The molecule has 1 aromatic heterocycles. The van der Waals surface area contributed by atoms with E-state index < -0.39 is 0 Å². The molecule has 4 heteroatoms. The number of rotatable bonds is 6.